The maximum atomic E-state index is 13.1. The average molecular weight is 770 g/mol. The maximum Gasteiger partial charge on any atom is 0.306 e. The Hall–Kier alpha value is -2.44. The van der Waals surface area contributed by atoms with Crippen molar-refractivity contribution in [3.63, 3.8) is 0 Å². The number of nitrogens with one attached hydrogen (secondary N) is 1. The minimum atomic E-state index is -0.793. The third-order valence-corrected chi connectivity index (χ3v) is 10.2. The monoisotopic (exact) mass is 770 g/mol. The molecule has 3 atom stereocenters. The van der Waals surface area contributed by atoms with E-state index in [2.05, 4.69) is 44.3 Å². The molecule has 0 aromatic heterocycles. The van der Waals surface area contributed by atoms with Crippen LogP contribution in [0, 0.1) is 0 Å². The molecule has 0 bridgehead atoms. The lowest BCUT2D eigenvalue weighted by molar-refractivity contribution is -0.151. The van der Waals surface area contributed by atoms with Gasteiger partial charge >= 0.3 is 5.97 Å². The molecule has 0 rings (SSSR count). The highest BCUT2D eigenvalue weighted by molar-refractivity contribution is 5.77. The van der Waals surface area contributed by atoms with Gasteiger partial charge in [0.2, 0.25) is 5.91 Å². The molecule has 0 radical (unpaired) electrons. The van der Waals surface area contributed by atoms with E-state index in [1.807, 2.05) is 42.5 Å². The Morgan fingerprint density at radius 1 is 0.545 bits per heavy atom. The predicted octanol–water partition coefficient (Wildman–Crippen LogP) is 13.3. The fraction of sp³-hybridized carbons (Fsp3) is 0.755. The number of rotatable bonds is 40. The van der Waals surface area contributed by atoms with Gasteiger partial charge in [-0.2, -0.15) is 0 Å². The van der Waals surface area contributed by atoms with E-state index in [0.717, 1.165) is 70.6 Å². The summed E-state index contributed by atoms with van der Waals surface area (Å²) in [5, 5.41) is 23.6. The van der Waals surface area contributed by atoms with Gasteiger partial charge in [-0.05, 0) is 44.9 Å². The van der Waals surface area contributed by atoms with E-state index >= 15 is 0 Å². The van der Waals surface area contributed by atoms with Crippen LogP contribution < -0.4 is 5.32 Å². The number of esters is 1. The van der Waals surface area contributed by atoms with Crippen molar-refractivity contribution in [2.24, 2.45) is 0 Å². The van der Waals surface area contributed by atoms with E-state index in [1.165, 1.54) is 96.3 Å². The molecule has 0 spiro atoms. The lowest BCUT2D eigenvalue weighted by Gasteiger charge is -2.24. The lowest BCUT2D eigenvalue weighted by Crippen LogP contribution is -2.46. The number of ether oxygens (including phenoxy) is 1. The number of unbranched alkanes of at least 4 members (excludes halogenated alkanes) is 22. The molecule has 0 aliphatic rings. The average Bonchev–Trinajstić information content (AvgIpc) is 3.18. The molecular weight excluding hydrogens is 683 g/mol. The molecule has 1 amide bonds. The SMILES string of the molecule is CC/C=C/C=C/C=C\C=C/C=C/CCCCCC(=O)OC(CCCCCCCCC)CC(=O)NC(CO)C(O)CCCCCCCCCCCCCCCC. The molecule has 0 aliphatic carbocycles. The Morgan fingerprint density at radius 2 is 0.982 bits per heavy atom. The third-order valence-electron chi connectivity index (χ3n) is 10.2. The van der Waals surface area contributed by atoms with Gasteiger partial charge in [0.25, 0.3) is 0 Å². The highest BCUT2D eigenvalue weighted by atomic mass is 16.5. The van der Waals surface area contributed by atoms with Crippen molar-refractivity contribution >= 4 is 11.9 Å². The highest BCUT2D eigenvalue weighted by Gasteiger charge is 2.24. The van der Waals surface area contributed by atoms with E-state index in [0.29, 0.717) is 19.3 Å². The molecular formula is C49H87NO5. The van der Waals surface area contributed by atoms with Crippen LogP contribution in [0.2, 0.25) is 0 Å². The zero-order valence-corrected chi connectivity index (χ0v) is 36.0. The number of carbonyl (C=O) groups excluding carboxylic acids is 2. The standard InChI is InChI=1S/C49H87NO5/c1-4-7-10-13-16-18-20-22-24-26-28-30-33-36-39-42-49(54)55-45(40-37-34-31-15-12-9-6-3)43-48(53)50-46(44-51)47(52)41-38-35-32-29-27-25-23-21-19-17-14-11-8-5-2/h7,10,13,16,18,20,22,24,26,28,45-47,51-52H,4-6,8-9,11-12,14-15,17,19,21,23,25,27,29-44H2,1-3H3,(H,50,53)/b10-7+,16-13+,20-18-,24-22-,28-26+. The van der Waals surface area contributed by atoms with Gasteiger partial charge in [-0.15, -0.1) is 0 Å². The molecule has 0 heterocycles. The normalized spacial score (nSPS) is 13.9. The molecule has 3 unspecified atom stereocenters. The number of carbonyl (C=O) groups is 2. The minimum absolute atomic E-state index is 0.0589. The van der Waals surface area contributed by atoms with E-state index in [1.54, 1.807) is 0 Å². The second kappa shape index (κ2) is 42.7. The molecule has 3 N–H and O–H groups in total. The molecule has 0 fully saturated rings. The quantitative estimate of drug-likeness (QED) is 0.0328. The van der Waals surface area contributed by atoms with Crippen LogP contribution in [-0.4, -0.2) is 46.9 Å². The van der Waals surface area contributed by atoms with Crippen molar-refractivity contribution in [2.45, 2.75) is 232 Å². The summed E-state index contributed by atoms with van der Waals surface area (Å²) < 4.78 is 5.86. The van der Waals surface area contributed by atoms with E-state index in [4.69, 9.17) is 4.74 Å². The van der Waals surface area contributed by atoms with Crippen LogP contribution in [0.3, 0.4) is 0 Å². The van der Waals surface area contributed by atoms with Gasteiger partial charge in [0.05, 0.1) is 25.2 Å². The van der Waals surface area contributed by atoms with Crippen molar-refractivity contribution in [3.8, 4) is 0 Å². The van der Waals surface area contributed by atoms with Gasteiger partial charge in [0, 0.05) is 6.42 Å². The summed E-state index contributed by atoms with van der Waals surface area (Å²) in [7, 11) is 0. The van der Waals surface area contributed by atoms with Crippen LogP contribution >= 0.6 is 0 Å². The molecule has 0 aliphatic heterocycles. The van der Waals surface area contributed by atoms with Crippen molar-refractivity contribution in [1.82, 2.24) is 5.32 Å². The topological polar surface area (TPSA) is 95.9 Å². The zero-order valence-electron chi connectivity index (χ0n) is 36.0. The molecule has 6 nitrogen and oxygen atoms in total. The largest absolute Gasteiger partial charge is 0.462 e. The van der Waals surface area contributed by atoms with Gasteiger partial charge in [-0.1, -0.05) is 216 Å². The van der Waals surface area contributed by atoms with Crippen LogP contribution in [-0.2, 0) is 14.3 Å². The molecule has 0 saturated carbocycles. The Labute approximate surface area is 339 Å². The second-order valence-corrected chi connectivity index (χ2v) is 15.6. The molecule has 0 saturated heterocycles. The second-order valence-electron chi connectivity index (χ2n) is 15.6. The Balaban J connectivity index is 4.50. The third kappa shape index (κ3) is 38.2. The summed E-state index contributed by atoms with van der Waals surface area (Å²) in [6.45, 7) is 6.28. The maximum absolute atomic E-state index is 13.1. The fourth-order valence-corrected chi connectivity index (χ4v) is 6.74. The Kier molecular flexibility index (Phi) is 40.8. The summed E-state index contributed by atoms with van der Waals surface area (Å²) in [4.78, 5) is 25.9. The fourth-order valence-electron chi connectivity index (χ4n) is 6.74. The number of aliphatic hydroxyl groups is 2. The van der Waals surface area contributed by atoms with Crippen LogP contribution in [0.25, 0.3) is 0 Å². The molecule has 0 aromatic carbocycles. The van der Waals surface area contributed by atoms with Crippen molar-refractivity contribution in [1.29, 1.82) is 0 Å². The number of hydrogen-bond donors (Lipinski definition) is 3. The molecule has 55 heavy (non-hydrogen) atoms. The predicted molar refractivity (Wildman–Crippen MR) is 236 cm³/mol. The van der Waals surface area contributed by atoms with Gasteiger partial charge in [0.15, 0.2) is 0 Å². The first-order valence-corrected chi connectivity index (χ1v) is 23.1. The van der Waals surface area contributed by atoms with Gasteiger partial charge in [-0.25, -0.2) is 0 Å². The van der Waals surface area contributed by atoms with Gasteiger partial charge in [-0.3, -0.25) is 9.59 Å². The minimum Gasteiger partial charge on any atom is -0.462 e. The van der Waals surface area contributed by atoms with E-state index in [9.17, 15) is 19.8 Å². The summed E-state index contributed by atoms with van der Waals surface area (Å²) in [6.07, 6.45) is 51.4. The summed E-state index contributed by atoms with van der Waals surface area (Å²) in [6, 6.07) is -0.708. The summed E-state index contributed by atoms with van der Waals surface area (Å²) in [5.74, 6) is -0.529. The molecule has 318 valence electrons. The summed E-state index contributed by atoms with van der Waals surface area (Å²) >= 11 is 0. The smallest absolute Gasteiger partial charge is 0.306 e. The van der Waals surface area contributed by atoms with Crippen LogP contribution in [0.15, 0.2) is 60.8 Å². The van der Waals surface area contributed by atoms with E-state index < -0.39 is 18.2 Å². The Morgan fingerprint density at radius 3 is 1.47 bits per heavy atom. The molecule has 6 heteroatoms. The number of allylic oxidation sites excluding steroid dienone is 10. The first-order chi connectivity index (χ1) is 27.0. The Bertz CT molecular complexity index is 999. The van der Waals surface area contributed by atoms with Crippen molar-refractivity contribution in [3.05, 3.63) is 60.8 Å². The summed E-state index contributed by atoms with van der Waals surface area (Å²) in [5.41, 5.74) is 0. The number of aliphatic hydroxyl groups excluding tert-OH is 2. The first-order valence-electron chi connectivity index (χ1n) is 23.1. The van der Waals surface area contributed by atoms with Crippen molar-refractivity contribution in [2.75, 3.05) is 6.61 Å². The van der Waals surface area contributed by atoms with Crippen LogP contribution in [0.4, 0.5) is 0 Å². The first kappa shape index (κ1) is 52.6. The van der Waals surface area contributed by atoms with Gasteiger partial charge < -0.3 is 20.3 Å². The number of amides is 1. The highest BCUT2D eigenvalue weighted by Crippen LogP contribution is 2.17. The number of hydrogen-bond acceptors (Lipinski definition) is 5. The zero-order chi connectivity index (χ0) is 40.3. The van der Waals surface area contributed by atoms with Crippen LogP contribution in [0.5, 0.6) is 0 Å². The van der Waals surface area contributed by atoms with Crippen molar-refractivity contribution < 1.29 is 24.5 Å². The lowest BCUT2D eigenvalue weighted by atomic mass is 10.0. The van der Waals surface area contributed by atoms with Crippen LogP contribution in [0.1, 0.15) is 213 Å². The molecule has 0 aromatic rings. The van der Waals surface area contributed by atoms with Gasteiger partial charge in [0.1, 0.15) is 6.10 Å². The van der Waals surface area contributed by atoms with E-state index in [-0.39, 0.29) is 24.9 Å².